The van der Waals surface area contributed by atoms with Crippen LogP contribution in [0.5, 0.6) is 5.75 Å². The van der Waals surface area contributed by atoms with Crippen LogP contribution in [-0.2, 0) is 4.74 Å². The molecule has 1 fully saturated rings. The van der Waals surface area contributed by atoms with Crippen molar-refractivity contribution in [2.75, 3.05) is 46.0 Å². The van der Waals surface area contributed by atoms with E-state index in [0.29, 0.717) is 13.2 Å². The number of rotatable bonds is 4. The van der Waals surface area contributed by atoms with Gasteiger partial charge in [0.25, 0.3) is 0 Å². The number of ether oxygens (including phenoxy) is 2. The zero-order valence-corrected chi connectivity index (χ0v) is 11.8. The fraction of sp³-hybridized carbons (Fsp3) is 0.500. The van der Waals surface area contributed by atoms with Gasteiger partial charge in [-0.05, 0) is 24.6 Å². The molecule has 4 heteroatoms. The van der Waals surface area contributed by atoms with Crippen LogP contribution >= 0.6 is 0 Å². The fourth-order valence-corrected chi connectivity index (χ4v) is 2.13. The Morgan fingerprint density at radius 3 is 3.15 bits per heavy atom. The van der Waals surface area contributed by atoms with Crippen molar-refractivity contribution in [3.63, 3.8) is 0 Å². The van der Waals surface area contributed by atoms with Gasteiger partial charge in [-0.3, -0.25) is 4.90 Å². The summed E-state index contributed by atoms with van der Waals surface area (Å²) < 4.78 is 11.2. The van der Waals surface area contributed by atoms with Gasteiger partial charge in [0.05, 0.1) is 13.2 Å². The minimum Gasteiger partial charge on any atom is -0.492 e. The molecule has 0 radical (unpaired) electrons. The molecule has 4 nitrogen and oxygen atoms in total. The third-order valence-electron chi connectivity index (χ3n) is 3.16. The van der Waals surface area contributed by atoms with E-state index in [0.717, 1.165) is 50.6 Å². The Labute approximate surface area is 120 Å². The lowest BCUT2D eigenvalue weighted by atomic mass is 10.2. The first-order valence-corrected chi connectivity index (χ1v) is 7.10. The van der Waals surface area contributed by atoms with Gasteiger partial charge in [0, 0.05) is 31.8 Å². The van der Waals surface area contributed by atoms with E-state index in [1.807, 2.05) is 24.3 Å². The smallest absolute Gasteiger partial charge is 0.120 e. The van der Waals surface area contributed by atoms with E-state index in [4.69, 9.17) is 15.2 Å². The SMILES string of the molecule is NCC#Cc1cccc(OCCN2CCCOCC2)c1. The number of hydrogen-bond donors (Lipinski definition) is 1. The molecule has 1 saturated heterocycles. The van der Waals surface area contributed by atoms with Crippen molar-refractivity contribution in [1.82, 2.24) is 4.90 Å². The first-order chi connectivity index (χ1) is 9.88. The standard InChI is InChI=1S/C16H22N2O2/c17-7-2-5-15-4-1-6-16(14-15)20-13-10-18-8-3-11-19-12-9-18/h1,4,6,14H,3,7-13,17H2. The Balaban J connectivity index is 1.78. The molecule has 0 unspecified atom stereocenters. The molecule has 108 valence electrons. The molecule has 0 saturated carbocycles. The predicted octanol–water partition coefficient (Wildman–Crippen LogP) is 1.10. The second-order valence-corrected chi connectivity index (χ2v) is 4.69. The Morgan fingerprint density at radius 1 is 1.30 bits per heavy atom. The first kappa shape index (κ1) is 14.9. The summed E-state index contributed by atoms with van der Waals surface area (Å²) in [5.41, 5.74) is 6.31. The summed E-state index contributed by atoms with van der Waals surface area (Å²) in [5, 5.41) is 0. The van der Waals surface area contributed by atoms with Crippen molar-refractivity contribution >= 4 is 0 Å². The number of nitrogens with two attached hydrogens (primary N) is 1. The zero-order chi connectivity index (χ0) is 14.0. The van der Waals surface area contributed by atoms with E-state index in [1.54, 1.807) is 0 Å². The first-order valence-electron chi connectivity index (χ1n) is 7.10. The van der Waals surface area contributed by atoms with Gasteiger partial charge in [0.15, 0.2) is 0 Å². The van der Waals surface area contributed by atoms with E-state index in [1.165, 1.54) is 0 Å². The van der Waals surface area contributed by atoms with Gasteiger partial charge >= 0.3 is 0 Å². The second kappa shape index (κ2) is 8.60. The van der Waals surface area contributed by atoms with Crippen LogP contribution in [0.15, 0.2) is 24.3 Å². The lowest BCUT2D eigenvalue weighted by Gasteiger charge is -2.19. The summed E-state index contributed by atoms with van der Waals surface area (Å²) in [6, 6.07) is 7.82. The van der Waals surface area contributed by atoms with Gasteiger partial charge in [0.2, 0.25) is 0 Å². The Kier molecular flexibility index (Phi) is 6.39. The molecule has 20 heavy (non-hydrogen) atoms. The van der Waals surface area contributed by atoms with Gasteiger partial charge < -0.3 is 15.2 Å². The number of benzene rings is 1. The average Bonchev–Trinajstić information content (AvgIpc) is 2.74. The van der Waals surface area contributed by atoms with Crippen LogP contribution in [0.4, 0.5) is 0 Å². The second-order valence-electron chi connectivity index (χ2n) is 4.69. The van der Waals surface area contributed by atoms with Gasteiger partial charge in [-0.2, -0.15) is 0 Å². The highest BCUT2D eigenvalue weighted by atomic mass is 16.5. The normalized spacial score (nSPS) is 16.1. The molecule has 0 atom stereocenters. The van der Waals surface area contributed by atoms with Gasteiger partial charge in [0.1, 0.15) is 12.4 Å². The lowest BCUT2D eigenvalue weighted by molar-refractivity contribution is 0.137. The van der Waals surface area contributed by atoms with Crippen molar-refractivity contribution in [1.29, 1.82) is 0 Å². The van der Waals surface area contributed by atoms with Gasteiger partial charge in [-0.15, -0.1) is 0 Å². The largest absolute Gasteiger partial charge is 0.492 e. The van der Waals surface area contributed by atoms with E-state index >= 15 is 0 Å². The Hall–Kier alpha value is -1.54. The monoisotopic (exact) mass is 274 g/mol. The summed E-state index contributed by atoms with van der Waals surface area (Å²) in [6.07, 6.45) is 1.10. The summed E-state index contributed by atoms with van der Waals surface area (Å²) in [7, 11) is 0. The highest BCUT2D eigenvalue weighted by Gasteiger charge is 2.08. The molecule has 0 bridgehead atoms. The minimum absolute atomic E-state index is 0.377. The predicted molar refractivity (Wildman–Crippen MR) is 79.7 cm³/mol. The van der Waals surface area contributed by atoms with Crippen LogP contribution in [0, 0.1) is 11.8 Å². The molecule has 0 spiro atoms. The molecule has 2 N–H and O–H groups in total. The Bertz CT molecular complexity index is 457. The summed E-state index contributed by atoms with van der Waals surface area (Å²) in [5.74, 6) is 6.72. The molecule has 1 heterocycles. The average molecular weight is 274 g/mol. The fourth-order valence-electron chi connectivity index (χ4n) is 2.13. The summed E-state index contributed by atoms with van der Waals surface area (Å²) in [6.45, 7) is 5.78. The minimum atomic E-state index is 0.377. The lowest BCUT2D eigenvalue weighted by Crippen LogP contribution is -2.30. The van der Waals surface area contributed by atoms with E-state index in [9.17, 15) is 0 Å². The third kappa shape index (κ3) is 5.22. The maximum atomic E-state index is 5.79. The maximum Gasteiger partial charge on any atom is 0.120 e. The van der Waals surface area contributed by atoms with Crippen LogP contribution in [0.25, 0.3) is 0 Å². The molecule has 0 aromatic heterocycles. The van der Waals surface area contributed by atoms with Crippen molar-refractivity contribution in [2.24, 2.45) is 5.73 Å². The van der Waals surface area contributed by atoms with E-state index in [-0.39, 0.29) is 0 Å². The molecule has 1 aliphatic rings. The molecular weight excluding hydrogens is 252 g/mol. The quantitative estimate of drug-likeness (QED) is 0.835. The highest BCUT2D eigenvalue weighted by molar-refractivity contribution is 5.39. The molecular formula is C16H22N2O2. The van der Waals surface area contributed by atoms with E-state index in [2.05, 4.69) is 16.7 Å². The third-order valence-corrected chi connectivity index (χ3v) is 3.16. The van der Waals surface area contributed by atoms with Crippen LogP contribution in [0.2, 0.25) is 0 Å². The number of nitrogens with zero attached hydrogens (tertiary/aromatic N) is 1. The topological polar surface area (TPSA) is 47.7 Å². The zero-order valence-electron chi connectivity index (χ0n) is 11.8. The molecule has 1 aliphatic heterocycles. The van der Waals surface area contributed by atoms with Crippen molar-refractivity contribution in [3.05, 3.63) is 29.8 Å². The van der Waals surface area contributed by atoms with Crippen LogP contribution in [0.1, 0.15) is 12.0 Å². The summed E-state index contributed by atoms with van der Waals surface area (Å²) >= 11 is 0. The van der Waals surface area contributed by atoms with Crippen LogP contribution < -0.4 is 10.5 Å². The van der Waals surface area contributed by atoms with E-state index < -0.39 is 0 Å². The maximum absolute atomic E-state index is 5.79. The van der Waals surface area contributed by atoms with Crippen molar-refractivity contribution in [3.8, 4) is 17.6 Å². The molecule has 1 aromatic rings. The molecule has 0 aliphatic carbocycles. The van der Waals surface area contributed by atoms with Crippen molar-refractivity contribution in [2.45, 2.75) is 6.42 Å². The Morgan fingerprint density at radius 2 is 2.25 bits per heavy atom. The molecule has 1 aromatic carbocycles. The number of hydrogen-bond acceptors (Lipinski definition) is 4. The summed E-state index contributed by atoms with van der Waals surface area (Å²) in [4.78, 5) is 2.38. The molecule has 0 amide bonds. The van der Waals surface area contributed by atoms with Gasteiger partial charge in [-0.1, -0.05) is 17.9 Å². The molecule has 2 rings (SSSR count). The van der Waals surface area contributed by atoms with Crippen molar-refractivity contribution < 1.29 is 9.47 Å². The highest BCUT2D eigenvalue weighted by Crippen LogP contribution is 2.12. The van der Waals surface area contributed by atoms with Crippen LogP contribution in [-0.4, -0.2) is 50.9 Å². The van der Waals surface area contributed by atoms with Crippen LogP contribution in [0.3, 0.4) is 0 Å². The van der Waals surface area contributed by atoms with Gasteiger partial charge in [-0.25, -0.2) is 0 Å².